The summed E-state index contributed by atoms with van der Waals surface area (Å²) in [4.78, 5) is 4.29. The standard InChI is InChI=1S/C23H24N2O3/c1-16-5-7-18(8-6-16)22(19-4-3-9-24-15-19)25-14-17-12-20(26-2)23-21(13-17)27-10-11-28-23/h3-9,12-13,15,22,25H,10-11,14H2,1-2H3. The fourth-order valence-electron chi connectivity index (χ4n) is 3.38. The van der Waals surface area contributed by atoms with Gasteiger partial charge in [0.25, 0.3) is 0 Å². The van der Waals surface area contributed by atoms with Crippen LogP contribution in [0.15, 0.2) is 60.9 Å². The molecule has 0 saturated heterocycles. The predicted molar refractivity (Wildman–Crippen MR) is 108 cm³/mol. The van der Waals surface area contributed by atoms with Crippen molar-refractivity contribution >= 4 is 0 Å². The Bertz CT molecular complexity index is 909. The van der Waals surface area contributed by atoms with Crippen LogP contribution in [0.4, 0.5) is 0 Å². The summed E-state index contributed by atoms with van der Waals surface area (Å²) in [6.07, 6.45) is 3.70. The topological polar surface area (TPSA) is 52.6 Å². The Kier molecular flexibility index (Phi) is 5.44. The monoisotopic (exact) mass is 376 g/mol. The Labute approximate surface area is 165 Å². The van der Waals surface area contributed by atoms with E-state index >= 15 is 0 Å². The Morgan fingerprint density at radius 2 is 1.89 bits per heavy atom. The second-order valence-electron chi connectivity index (χ2n) is 6.83. The zero-order valence-electron chi connectivity index (χ0n) is 16.1. The van der Waals surface area contributed by atoms with Gasteiger partial charge in [-0.25, -0.2) is 0 Å². The van der Waals surface area contributed by atoms with Crippen molar-refractivity contribution in [3.05, 3.63) is 83.2 Å². The molecule has 4 rings (SSSR count). The summed E-state index contributed by atoms with van der Waals surface area (Å²) in [5, 5.41) is 3.65. The smallest absolute Gasteiger partial charge is 0.203 e. The van der Waals surface area contributed by atoms with Gasteiger partial charge >= 0.3 is 0 Å². The molecule has 0 spiro atoms. The zero-order valence-corrected chi connectivity index (χ0v) is 16.1. The van der Waals surface area contributed by atoms with Gasteiger partial charge in [0.05, 0.1) is 13.2 Å². The Morgan fingerprint density at radius 1 is 1.07 bits per heavy atom. The number of aromatic nitrogens is 1. The number of pyridine rings is 1. The molecule has 2 aromatic carbocycles. The zero-order chi connectivity index (χ0) is 19.3. The second-order valence-corrected chi connectivity index (χ2v) is 6.83. The highest BCUT2D eigenvalue weighted by atomic mass is 16.6. The molecule has 2 heterocycles. The van der Waals surface area contributed by atoms with Crippen molar-refractivity contribution in [3.8, 4) is 17.2 Å². The minimum Gasteiger partial charge on any atom is -0.493 e. The maximum atomic E-state index is 5.75. The van der Waals surface area contributed by atoms with Gasteiger partial charge in [-0.15, -0.1) is 0 Å². The normalized spacial score (nSPS) is 13.8. The first-order valence-electron chi connectivity index (χ1n) is 9.41. The van der Waals surface area contributed by atoms with E-state index in [1.165, 1.54) is 11.1 Å². The molecule has 1 aliphatic rings. The van der Waals surface area contributed by atoms with Crippen LogP contribution >= 0.6 is 0 Å². The predicted octanol–water partition coefficient (Wildman–Crippen LogP) is 4.05. The van der Waals surface area contributed by atoms with E-state index < -0.39 is 0 Å². The summed E-state index contributed by atoms with van der Waals surface area (Å²) in [6, 6.07) is 16.7. The van der Waals surface area contributed by atoms with Crippen molar-refractivity contribution in [2.45, 2.75) is 19.5 Å². The van der Waals surface area contributed by atoms with Crippen molar-refractivity contribution in [3.63, 3.8) is 0 Å². The molecule has 0 radical (unpaired) electrons. The molecule has 0 amide bonds. The van der Waals surface area contributed by atoms with Crippen LogP contribution in [0.5, 0.6) is 17.2 Å². The lowest BCUT2D eigenvalue weighted by molar-refractivity contribution is 0.165. The van der Waals surface area contributed by atoms with E-state index in [4.69, 9.17) is 14.2 Å². The lowest BCUT2D eigenvalue weighted by Crippen LogP contribution is -2.22. The number of fused-ring (bicyclic) bond motifs is 1. The highest BCUT2D eigenvalue weighted by molar-refractivity contribution is 5.54. The lowest BCUT2D eigenvalue weighted by atomic mass is 9.98. The minimum absolute atomic E-state index is 0.0356. The largest absolute Gasteiger partial charge is 0.493 e. The van der Waals surface area contributed by atoms with Gasteiger partial charge < -0.3 is 19.5 Å². The van der Waals surface area contributed by atoms with Crippen LogP contribution in [0.2, 0.25) is 0 Å². The first-order chi connectivity index (χ1) is 13.7. The first kappa shape index (κ1) is 18.3. The van der Waals surface area contributed by atoms with Crippen LogP contribution in [0, 0.1) is 6.92 Å². The van der Waals surface area contributed by atoms with E-state index in [2.05, 4.69) is 47.6 Å². The Morgan fingerprint density at radius 3 is 2.64 bits per heavy atom. The number of hydrogen-bond acceptors (Lipinski definition) is 5. The maximum Gasteiger partial charge on any atom is 0.203 e. The van der Waals surface area contributed by atoms with Gasteiger partial charge in [-0.1, -0.05) is 35.9 Å². The van der Waals surface area contributed by atoms with Crippen LogP contribution in [0.25, 0.3) is 0 Å². The van der Waals surface area contributed by atoms with Crippen LogP contribution < -0.4 is 19.5 Å². The summed E-state index contributed by atoms with van der Waals surface area (Å²) in [5.41, 5.74) is 4.63. The van der Waals surface area contributed by atoms with Crippen LogP contribution in [0.3, 0.4) is 0 Å². The number of nitrogens with zero attached hydrogens (tertiary/aromatic N) is 1. The van der Waals surface area contributed by atoms with Gasteiger partial charge in [-0.05, 0) is 41.8 Å². The fourth-order valence-corrected chi connectivity index (χ4v) is 3.38. The van der Waals surface area contributed by atoms with Gasteiger partial charge in [0.15, 0.2) is 11.5 Å². The van der Waals surface area contributed by atoms with E-state index in [0.29, 0.717) is 31.3 Å². The number of aryl methyl sites for hydroxylation is 1. The third kappa shape index (κ3) is 3.94. The minimum atomic E-state index is 0.0356. The molecule has 3 aromatic rings. The molecule has 5 heteroatoms. The molecule has 0 fully saturated rings. The van der Waals surface area contributed by atoms with Gasteiger partial charge in [0.2, 0.25) is 5.75 Å². The molecule has 1 N–H and O–H groups in total. The van der Waals surface area contributed by atoms with Gasteiger partial charge in [-0.3, -0.25) is 4.98 Å². The molecule has 1 unspecified atom stereocenters. The van der Waals surface area contributed by atoms with Gasteiger partial charge in [0.1, 0.15) is 13.2 Å². The molecule has 1 atom stereocenters. The number of nitrogens with one attached hydrogen (secondary N) is 1. The molecule has 0 saturated carbocycles. The van der Waals surface area contributed by atoms with E-state index in [9.17, 15) is 0 Å². The molecule has 5 nitrogen and oxygen atoms in total. The third-order valence-corrected chi connectivity index (χ3v) is 4.83. The number of benzene rings is 2. The third-order valence-electron chi connectivity index (χ3n) is 4.83. The molecule has 28 heavy (non-hydrogen) atoms. The van der Waals surface area contributed by atoms with Crippen molar-refractivity contribution in [1.82, 2.24) is 10.3 Å². The van der Waals surface area contributed by atoms with E-state index in [1.807, 2.05) is 24.4 Å². The van der Waals surface area contributed by atoms with E-state index in [1.54, 1.807) is 13.3 Å². The average Bonchev–Trinajstić information content (AvgIpc) is 2.75. The molecule has 0 aliphatic carbocycles. The van der Waals surface area contributed by atoms with Crippen molar-refractivity contribution in [2.75, 3.05) is 20.3 Å². The molecule has 144 valence electrons. The average molecular weight is 376 g/mol. The van der Waals surface area contributed by atoms with Crippen molar-refractivity contribution in [2.24, 2.45) is 0 Å². The molecule has 1 aromatic heterocycles. The number of ether oxygens (including phenoxy) is 3. The highest BCUT2D eigenvalue weighted by Gasteiger charge is 2.19. The summed E-state index contributed by atoms with van der Waals surface area (Å²) in [5.74, 6) is 2.11. The van der Waals surface area contributed by atoms with Crippen LogP contribution in [-0.2, 0) is 6.54 Å². The number of hydrogen-bond donors (Lipinski definition) is 1. The number of rotatable bonds is 6. The lowest BCUT2D eigenvalue weighted by Gasteiger charge is -2.23. The summed E-state index contributed by atoms with van der Waals surface area (Å²) in [7, 11) is 1.65. The Balaban J connectivity index is 1.60. The fraction of sp³-hybridized carbons (Fsp3) is 0.261. The quantitative estimate of drug-likeness (QED) is 0.703. The number of methoxy groups -OCH3 is 1. The molecular weight excluding hydrogens is 352 g/mol. The van der Waals surface area contributed by atoms with Crippen LogP contribution in [0.1, 0.15) is 28.3 Å². The first-order valence-corrected chi connectivity index (χ1v) is 9.41. The van der Waals surface area contributed by atoms with Crippen LogP contribution in [-0.4, -0.2) is 25.3 Å². The van der Waals surface area contributed by atoms with Gasteiger partial charge in [-0.2, -0.15) is 0 Å². The second kappa shape index (κ2) is 8.31. The SMILES string of the molecule is COc1cc(CNC(c2ccc(C)cc2)c2cccnc2)cc2c1OCCO2. The summed E-state index contributed by atoms with van der Waals surface area (Å²) < 4.78 is 17.0. The maximum absolute atomic E-state index is 5.75. The summed E-state index contributed by atoms with van der Waals surface area (Å²) in [6.45, 7) is 3.84. The highest BCUT2D eigenvalue weighted by Crippen LogP contribution is 2.40. The molecular formula is C23H24N2O3. The van der Waals surface area contributed by atoms with Crippen molar-refractivity contribution < 1.29 is 14.2 Å². The summed E-state index contributed by atoms with van der Waals surface area (Å²) >= 11 is 0. The van der Waals surface area contributed by atoms with E-state index in [0.717, 1.165) is 16.9 Å². The van der Waals surface area contributed by atoms with E-state index in [-0.39, 0.29) is 6.04 Å². The molecule has 0 bridgehead atoms. The van der Waals surface area contributed by atoms with Gasteiger partial charge in [0, 0.05) is 18.9 Å². The Hall–Kier alpha value is -3.05. The molecule has 1 aliphatic heterocycles. The van der Waals surface area contributed by atoms with Crippen molar-refractivity contribution in [1.29, 1.82) is 0 Å².